The summed E-state index contributed by atoms with van der Waals surface area (Å²) in [6.07, 6.45) is 5.51. The molecule has 0 bridgehead atoms. The minimum atomic E-state index is -0.259. The van der Waals surface area contributed by atoms with Crippen LogP contribution in [0.5, 0.6) is 11.5 Å². The molecule has 3 N–H and O–H groups in total. The van der Waals surface area contributed by atoms with Crippen molar-refractivity contribution in [1.29, 1.82) is 0 Å². The minimum absolute atomic E-state index is 0.0221. The van der Waals surface area contributed by atoms with E-state index < -0.39 is 0 Å². The third-order valence-corrected chi connectivity index (χ3v) is 6.66. The van der Waals surface area contributed by atoms with Crippen molar-refractivity contribution in [1.82, 2.24) is 20.6 Å². The maximum Gasteiger partial charge on any atom is 0.269 e. The third-order valence-electron chi connectivity index (χ3n) is 5.71. The smallest absolute Gasteiger partial charge is 0.269 e. The van der Waals surface area contributed by atoms with Crippen molar-refractivity contribution in [2.24, 2.45) is 5.92 Å². The lowest BCUT2D eigenvalue weighted by Gasteiger charge is -2.30. The first-order valence-electron chi connectivity index (χ1n) is 11.2. The van der Waals surface area contributed by atoms with Gasteiger partial charge in [0.2, 0.25) is 5.91 Å². The highest BCUT2D eigenvalue weighted by Crippen LogP contribution is 2.33. The van der Waals surface area contributed by atoms with E-state index in [0.29, 0.717) is 23.2 Å². The van der Waals surface area contributed by atoms with E-state index >= 15 is 0 Å². The molecule has 9 heteroatoms. The lowest BCUT2D eigenvalue weighted by Crippen LogP contribution is -2.41. The lowest BCUT2D eigenvalue weighted by atomic mass is 9.91. The van der Waals surface area contributed by atoms with Gasteiger partial charge in [-0.2, -0.15) is 0 Å². The number of nitrogens with zero attached hydrogens (tertiary/aromatic N) is 2. The van der Waals surface area contributed by atoms with Gasteiger partial charge in [0.05, 0.1) is 10.2 Å². The first kappa shape index (κ1) is 23.0. The number of hydrogen-bond donors (Lipinski definition) is 3. The average molecular weight is 468 g/mol. The SMILES string of the molecule is CNC(=O)c1cc(Oc2ccc3nc(N[C@H]4CC[C@@H](NC(=O)C(C)C)CC4)sc3c2)ccn1. The van der Waals surface area contributed by atoms with Crippen molar-refractivity contribution in [2.75, 3.05) is 12.4 Å². The molecule has 2 amide bonds. The number of anilines is 1. The molecule has 0 unspecified atom stereocenters. The Bertz CT molecular complexity index is 1140. The highest BCUT2D eigenvalue weighted by molar-refractivity contribution is 7.22. The van der Waals surface area contributed by atoms with Crippen LogP contribution in [-0.4, -0.2) is 40.9 Å². The van der Waals surface area contributed by atoms with Crippen LogP contribution in [0.25, 0.3) is 10.2 Å². The number of pyridine rings is 1. The van der Waals surface area contributed by atoms with Gasteiger partial charge in [-0.05, 0) is 43.9 Å². The number of rotatable bonds is 7. The van der Waals surface area contributed by atoms with Crippen molar-refractivity contribution >= 4 is 38.5 Å². The molecular weight excluding hydrogens is 438 g/mol. The zero-order chi connectivity index (χ0) is 23.4. The summed E-state index contributed by atoms with van der Waals surface area (Å²) in [7, 11) is 1.57. The molecule has 0 aliphatic heterocycles. The molecule has 1 aliphatic carbocycles. The molecule has 0 radical (unpaired) electrons. The van der Waals surface area contributed by atoms with Gasteiger partial charge >= 0.3 is 0 Å². The number of nitrogens with one attached hydrogen (secondary N) is 3. The summed E-state index contributed by atoms with van der Waals surface area (Å²) in [5, 5.41) is 10.2. The van der Waals surface area contributed by atoms with Crippen molar-refractivity contribution < 1.29 is 14.3 Å². The Balaban J connectivity index is 1.37. The van der Waals surface area contributed by atoms with Crippen LogP contribution in [-0.2, 0) is 4.79 Å². The summed E-state index contributed by atoms with van der Waals surface area (Å²) in [5.41, 5.74) is 1.22. The second-order valence-electron chi connectivity index (χ2n) is 8.56. The summed E-state index contributed by atoms with van der Waals surface area (Å²) in [6.45, 7) is 3.84. The molecule has 2 heterocycles. The van der Waals surface area contributed by atoms with Gasteiger partial charge in [0.25, 0.3) is 5.91 Å². The number of aromatic nitrogens is 2. The van der Waals surface area contributed by atoms with E-state index in [1.165, 1.54) is 0 Å². The average Bonchev–Trinajstić information content (AvgIpc) is 3.21. The van der Waals surface area contributed by atoms with Gasteiger partial charge in [-0.25, -0.2) is 4.98 Å². The summed E-state index contributed by atoms with van der Waals surface area (Å²) in [6, 6.07) is 9.72. The standard InChI is InChI=1S/C24H29N5O3S/c1-14(2)22(30)27-15-4-6-16(7-5-15)28-24-29-19-9-8-17(13-21(19)33-24)32-18-10-11-26-20(12-18)23(31)25-3/h8-16H,4-7H2,1-3H3,(H,25,31)(H,27,30)(H,28,29)/t15-,16+. The highest BCUT2D eigenvalue weighted by Gasteiger charge is 2.23. The Morgan fingerprint density at radius 1 is 1.06 bits per heavy atom. The molecule has 2 aromatic heterocycles. The maximum atomic E-state index is 11.9. The van der Waals surface area contributed by atoms with Crippen LogP contribution in [0.15, 0.2) is 36.5 Å². The number of carbonyl (C=O) groups excluding carboxylic acids is 2. The normalized spacial score (nSPS) is 18.2. The van der Waals surface area contributed by atoms with Crippen LogP contribution >= 0.6 is 11.3 Å². The molecule has 0 spiro atoms. The third kappa shape index (κ3) is 5.78. The van der Waals surface area contributed by atoms with Gasteiger partial charge in [0, 0.05) is 43.4 Å². The topological polar surface area (TPSA) is 105 Å². The lowest BCUT2D eigenvalue weighted by molar-refractivity contribution is -0.124. The van der Waals surface area contributed by atoms with E-state index in [0.717, 1.165) is 41.0 Å². The van der Waals surface area contributed by atoms with Gasteiger partial charge < -0.3 is 20.7 Å². The summed E-state index contributed by atoms with van der Waals surface area (Å²) < 4.78 is 6.97. The Morgan fingerprint density at radius 2 is 1.79 bits per heavy atom. The zero-order valence-electron chi connectivity index (χ0n) is 19.1. The molecule has 8 nitrogen and oxygen atoms in total. The number of fused-ring (bicyclic) bond motifs is 1. The predicted molar refractivity (Wildman–Crippen MR) is 130 cm³/mol. The number of ether oxygens (including phenoxy) is 1. The number of thiazole rings is 1. The van der Waals surface area contributed by atoms with Crippen molar-refractivity contribution in [3.63, 3.8) is 0 Å². The maximum absolute atomic E-state index is 11.9. The molecule has 0 atom stereocenters. The molecule has 1 aliphatic rings. The fourth-order valence-electron chi connectivity index (χ4n) is 3.82. The minimum Gasteiger partial charge on any atom is -0.457 e. The fourth-order valence-corrected chi connectivity index (χ4v) is 4.79. The van der Waals surface area contributed by atoms with Crippen molar-refractivity contribution in [3.05, 3.63) is 42.2 Å². The number of hydrogen-bond acceptors (Lipinski definition) is 7. The van der Waals surface area contributed by atoms with Crippen LogP contribution < -0.4 is 20.7 Å². The molecule has 1 aromatic carbocycles. The van der Waals surface area contributed by atoms with Gasteiger partial charge in [-0.15, -0.1) is 0 Å². The Hall–Kier alpha value is -3.20. The van der Waals surface area contributed by atoms with E-state index in [1.54, 1.807) is 36.7 Å². The summed E-state index contributed by atoms with van der Waals surface area (Å²) in [4.78, 5) is 32.5. The highest BCUT2D eigenvalue weighted by atomic mass is 32.1. The fraction of sp³-hybridized carbons (Fsp3) is 0.417. The van der Waals surface area contributed by atoms with E-state index in [9.17, 15) is 9.59 Å². The molecule has 33 heavy (non-hydrogen) atoms. The quantitative estimate of drug-likeness (QED) is 0.477. The predicted octanol–water partition coefficient (Wildman–Crippen LogP) is 4.34. The first-order chi connectivity index (χ1) is 15.9. The van der Waals surface area contributed by atoms with E-state index in [2.05, 4.69) is 20.9 Å². The number of benzene rings is 1. The molecular formula is C24H29N5O3S. The van der Waals surface area contributed by atoms with Crippen LogP contribution in [0.4, 0.5) is 5.13 Å². The first-order valence-corrected chi connectivity index (χ1v) is 12.1. The van der Waals surface area contributed by atoms with Crippen LogP contribution in [0.2, 0.25) is 0 Å². The van der Waals surface area contributed by atoms with Gasteiger partial charge in [0.15, 0.2) is 5.13 Å². The largest absolute Gasteiger partial charge is 0.457 e. The Morgan fingerprint density at radius 3 is 2.52 bits per heavy atom. The molecule has 1 fully saturated rings. The van der Waals surface area contributed by atoms with Crippen molar-refractivity contribution in [3.8, 4) is 11.5 Å². The van der Waals surface area contributed by atoms with Crippen LogP contribution in [0, 0.1) is 5.92 Å². The van der Waals surface area contributed by atoms with E-state index in [-0.39, 0.29) is 23.8 Å². The molecule has 3 aromatic rings. The van der Waals surface area contributed by atoms with Gasteiger partial charge in [-0.1, -0.05) is 25.2 Å². The zero-order valence-corrected chi connectivity index (χ0v) is 19.9. The van der Waals surface area contributed by atoms with E-state index in [1.807, 2.05) is 32.0 Å². The monoisotopic (exact) mass is 467 g/mol. The number of amides is 2. The van der Waals surface area contributed by atoms with E-state index in [4.69, 9.17) is 9.72 Å². The molecule has 174 valence electrons. The molecule has 4 rings (SSSR count). The summed E-state index contributed by atoms with van der Waals surface area (Å²) in [5.74, 6) is 1.12. The second kappa shape index (κ2) is 10.2. The Labute approximate surface area is 197 Å². The van der Waals surface area contributed by atoms with Crippen molar-refractivity contribution in [2.45, 2.75) is 51.6 Å². The molecule has 1 saturated carbocycles. The summed E-state index contributed by atoms with van der Waals surface area (Å²) >= 11 is 1.59. The van der Waals surface area contributed by atoms with Crippen LogP contribution in [0.3, 0.4) is 0 Å². The molecule has 0 saturated heterocycles. The van der Waals surface area contributed by atoms with Gasteiger partial charge in [0.1, 0.15) is 17.2 Å². The Kier molecular flexibility index (Phi) is 7.08. The second-order valence-corrected chi connectivity index (χ2v) is 9.59. The number of carbonyl (C=O) groups is 2. The van der Waals surface area contributed by atoms with Crippen LogP contribution in [0.1, 0.15) is 50.0 Å². The van der Waals surface area contributed by atoms with Gasteiger partial charge in [-0.3, -0.25) is 14.6 Å².